The molecule has 0 saturated heterocycles. The number of nitrogens with one attached hydrogen (secondary N) is 1. The fraction of sp³-hybridized carbons (Fsp3) is 0.0500. The lowest BCUT2D eigenvalue weighted by Gasteiger charge is -2.16. The molecule has 2 aromatic heterocycles. The van der Waals surface area contributed by atoms with Crippen LogP contribution < -0.4 is 5.32 Å². The average molecular weight is 396 g/mol. The third-order valence-corrected chi connectivity index (χ3v) is 5.16. The molecule has 0 saturated carbocycles. The molecule has 27 heavy (non-hydrogen) atoms. The summed E-state index contributed by atoms with van der Waals surface area (Å²) in [5.41, 5.74) is 1.49. The number of halogens is 1. The van der Waals surface area contributed by atoms with Crippen molar-refractivity contribution in [3.05, 3.63) is 93.5 Å². The number of aromatic nitrogens is 2. The first kappa shape index (κ1) is 17.5. The van der Waals surface area contributed by atoms with Crippen molar-refractivity contribution in [3.8, 4) is 11.5 Å². The van der Waals surface area contributed by atoms with Crippen LogP contribution in [0.2, 0.25) is 5.02 Å². The summed E-state index contributed by atoms with van der Waals surface area (Å²) in [6.07, 6.45) is 0. The van der Waals surface area contributed by atoms with E-state index in [1.165, 1.54) is 11.3 Å². The molecule has 0 spiro atoms. The molecule has 5 nitrogen and oxygen atoms in total. The summed E-state index contributed by atoms with van der Waals surface area (Å²) >= 11 is 7.72. The topological polar surface area (TPSA) is 68.0 Å². The lowest BCUT2D eigenvalue weighted by molar-refractivity contribution is 0.0942. The van der Waals surface area contributed by atoms with Crippen LogP contribution in [0.5, 0.6) is 0 Å². The fourth-order valence-electron chi connectivity index (χ4n) is 2.64. The summed E-state index contributed by atoms with van der Waals surface area (Å²) < 4.78 is 5.87. The van der Waals surface area contributed by atoms with E-state index < -0.39 is 6.04 Å². The van der Waals surface area contributed by atoms with Crippen LogP contribution in [0.15, 0.2) is 76.5 Å². The van der Waals surface area contributed by atoms with Crippen molar-refractivity contribution in [3.63, 3.8) is 0 Å². The van der Waals surface area contributed by atoms with Crippen molar-refractivity contribution in [2.24, 2.45) is 0 Å². The molecule has 2 aromatic carbocycles. The maximum absolute atomic E-state index is 12.6. The van der Waals surface area contributed by atoms with Crippen molar-refractivity contribution in [2.75, 3.05) is 0 Å². The zero-order valence-corrected chi connectivity index (χ0v) is 15.6. The molecular formula is C20H14ClN3O2S. The van der Waals surface area contributed by atoms with Crippen molar-refractivity contribution in [1.82, 2.24) is 15.5 Å². The molecule has 134 valence electrons. The van der Waals surface area contributed by atoms with Crippen molar-refractivity contribution < 1.29 is 9.21 Å². The van der Waals surface area contributed by atoms with Gasteiger partial charge in [-0.15, -0.1) is 21.5 Å². The lowest BCUT2D eigenvalue weighted by atomic mass is 10.1. The van der Waals surface area contributed by atoms with Gasteiger partial charge in [0.15, 0.2) is 0 Å². The van der Waals surface area contributed by atoms with Crippen LogP contribution in [0.4, 0.5) is 0 Å². The molecule has 4 aromatic rings. The van der Waals surface area contributed by atoms with Gasteiger partial charge in [0, 0.05) is 16.1 Å². The maximum Gasteiger partial charge on any atom is 0.262 e. The monoisotopic (exact) mass is 395 g/mol. The zero-order chi connectivity index (χ0) is 18.6. The Labute approximate surface area is 164 Å². The van der Waals surface area contributed by atoms with Gasteiger partial charge >= 0.3 is 0 Å². The Bertz CT molecular complexity index is 1050. The van der Waals surface area contributed by atoms with Crippen LogP contribution in [-0.4, -0.2) is 16.1 Å². The van der Waals surface area contributed by atoms with Crippen molar-refractivity contribution in [2.45, 2.75) is 6.04 Å². The summed E-state index contributed by atoms with van der Waals surface area (Å²) in [4.78, 5) is 13.2. The van der Waals surface area contributed by atoms with E-state index in [0.29, 0.717) is 21.4 Å². The van der Waals surface area contributed by atoms with E-state index in [-0.39, 0.29) is 11.8 Å². The standard InChI is InChI=1S/C20H14ClN3O2S/c21-15-10-5-4-9-14(15)17(22-18(25)16-11-6-12-27-16)20-24-23-19(26-20)13-7-2-1-3-8-13/h1-12,17H,(H,22,25)/t17-/m0/s1. The summed E-state index contributed by atoms with van der Waals surface area (Å²) in [5.74, 6) is 0.425. The lowest BCUT2D eigenvalue weighted by Crippen LogP contribution is -2.29. The highest BCUT2D eigenvalue weighted by molar-refractivity contribution is 7.12. The van der Waals surface area contributed by atoms with Crippen LogP contribution in [0.3, 0.4) is 0 Å². The van der Waals surface area contributed by atoms with E-state index in [0.717, 1.165) is 5.56 Å². The molecule has 1 N–H and O–H groups in total. The summed E-state index contributed by atoms with van der Waals surface area (Å²) in [6.45, 7) is 0. The number of thiophene rings is 1. The van der Waals surface area contributed by atoms with Gasteiger partial charge in [-0.3, -0.25) is 4.79 Å². The first-order valence-electron chi connectivity index (χ1n) is 8.20. The van der Waals surface area contributed by atoms with Gasteiger partial charge in [-0.05, 0) is 29.6 Å². The van der Waals surface area contributed by atoms with E-state index in [9.17, 15) is 4.79 Å². The summed E-state index contributed by atoms with van der Waals surface area (Å²) in [7, 11) is 0. The number of carbonyl (C=O) groups excluding carboxylic acids is 1. The Balaban J connectivity index is 1.71. The second-order valence-corrected chi connectivity index (χ2v) is 7.07. The molecule has 0 aliphatic carbocycles. The molecule has 1 atom stereocenters. The normalized spacial score (nSPS) is 11.9. The molecule has 4 rings (SSSR count). The molecule has 2 heterocycles. The molecule has 0 aliphatic heterocycles. The predicted octanol–water partition coefficient (Wildman–Crippen LogP) is 4.97. The number of amides is 1. The van der Waals surface area contributed by atoms with E-state index in [4.69, 9.17) is 16.0 Å². The van der Waals surface area contributed by atoms with Gasteiger partial charge in [0.2, 0.25) is 11.8 Å². The minimum absolute atomic E-state index is 0.227. The number of benzene rings is 2. The second-order valence-electron chi connectivity index (χ2n) is 5.72. The Morgan fingerprint density at radius 3 is 2.52 bits per heavy atom. The molecule has 0 unspecified atom stereocenters. The molecule has 0 radical (unpaired) electrons. The maximum atomic E-state index is 12.6. The Morgan fingerprint density at radius 1 is 1.00 bits per heavy atom. The van der Waals surface area contributed by atoms with Gasteiger partial charge in [-0.1, -0.05) is 54.1 Å². The van der Waals surface area contributed by atoms with E-state index in [1.54, 1.807) is 12.1 Å². The first-order valence-corrected chi connectivity index (χ1v) is 9.46. The third kappa shape index (κ3) is 3.77. The largest absolute Gasteiger partial charge is 0.418 e. The quantitative estimate of drug-likeness (QED) is 0.518. The van der Waals surface area contributed by atoms with Gasteiger partial charge in [-0.2, -0.15) is 0 Å². The third-order valence-electron chi connectivity index (χ3n) is 3.94. The Kier molecular flexibility index (Phi) is 5.00. The molecule has 1 amide bonds. The molecule has 0 aliphatic rings. The number of hydrogen-bond donors (Lipinski definition) is 1. The molecule has 0 fully saturated rings. The van der Waals surface area contributed by atoms with Crippen molar-refractivity contribution >= 4 is 28.8 Å². The van der Waals surface area contributed by atoms with Crippen molar-refractivity contribution in [1.29, 1.82) is 0 Å². The van der Waals surface area contributed by atoms with Gasteiger partial charge in [-0.25, -0.2) is 0 Å². The SMILES string of the molecule is O=C(N[C@H](c1nnc(-c2ccccc2)o1)c1ccccc1Cl)c1cccs1. The smallest absolute Gasteiger partial charge is 0.262 e. The minimum Gasteiger partial charge on any atom is -0.418 e. The number of rotatable bonds is 5. The Morgan fingerprint density at radius 2 is 1.78 bits per heavy atom. The van der Waals surface area contributed by atoms with E-state index in [1.807, 2.05) is 60.0 Å². The molecule has 0 bridgehead atoms. The summed E-state index contributed by atoms with van der Waals surface area (Å²) in [6, 6.07) is 19.6. The van der Waals surface area contributed by atoms with Crippen LogP contribution in [0, 0.1) is 0 Å². The number of nitrogens with zero attached hydrogens (tertiary/aromatic N) is 2. The first-order chi connectivity index (χ1) is 13.2. The highest BCUT2D eigenvalue weighted by atomic mass is 35.5. The van der Waals surface area contributed by atoms with Gasteiger partial charge < -0.3 is 9.73 Å². The van der Waals surface area contributed by atoms with E-state index in [2.05, 4.69) is 15.5 Å². The minimum atomic E-state index is -0.654. The van der Waals surface area contributed by atoms with Crippen LogP contribution in [0.25, 0.3) is 11.5 Å². The van der Waals surface area contributed by atoms with Crippen LogP contribution >= 0.6 is 22.9 Å². The summed E-state index contributed by atoms with van der Waals surface area (Å²) in [5, 5.41) is 13.6. The molecule has 7 heteroatoms. The van der Waals surface area contributed by atoms with Crippen LogP contribution in [-0.2, 0) is 0 Å². The van der Waals surface area contributed by atoms with Gasteiger partial charge in [0.05, 0.1) is 4.88 Å². The predicted molar refractivity (Wildman–Crippen MR) is 105 cm³/mol. The number of carbonyl (C=O) groups is 1. The highest BCUT2D eigenvalue weighted by Gasteiger charge is 2.26. The number of hydrogen-bond acceptors (Lipinski definition) is 5. The van der Waals surface area contributed by atoms with Gasteiger partial charge in [0.1, 0.15) is 6.04 Å². The fourth-order valence-corrected chi connectivity index (χ4v) is 3.51. The average Bonchev–Trinajstić information content (AvgIpc) is 3.40. The van der Waals surface area contributed by atoms with Gasteiger partial charge in [0.25, 0.3) is 5.91 Å². The highest BCUT2D eigenvalue weighted by Crippen LogP contribution is 2.30. The second kappa shape index (κ2) is 7.73. The Hall–Kier alpha value is -2.96. The zero-order valence-electron chi connectivity index (χ0n) is 14.0. The molecular weight excluding hydrogens is 382 g/mol. The van der Waals surface area contributed by atoms with E-state index >= 15 is 0 Å². The van der Waals surface area contributed by atoms with Crippen LogP contribution in [0.1, 0.15) is 27.2 Å².